The molecule has 118 valence electrons. The number of ether oxygens (including phenoxy) is 2. The molecule has 5 nitrogen and oxygen atoms in total. The maximum absolute atomic E-state index is 11.9. The molecule has 0 heterocycles. The van der Waals surface area contributed by atoms with Gasteiger partial charge in [0.15, 0.2) is 5.92 Å². The molecule has 0 aromatic carbocycles. The van der Waals surface area contributed by atoms with Gasteiger partial charge in [-0.1, -0.05) is 32.6 Å². The Balaban J connectivity index is 4.79. The molecule has 0 aliphatic heterocycles. The van der Waals surface area contributed by atoms with Crippen molar-refractivity contribution in [2.24, 2.45) is 5.92 Å². The maximum Gasteiger partial charge on any atom is 0.323 e. The number of hydrogen-bond donors (Lipinski definition) is 1. The summed E-state index contributed by atoms with van der Waals surface area (Å²) in [7, 11) is 0. The van der Waals surface area contributed by atoms with Crippen molar-refractivity contribution in [2.45, 2.75) is 65.4 Å². The zero-order valence-corrected chi connectivity index (χ0v) is 13.1. The predicted molar refractivity (Wildman–Crippen MR) is 76.1 cm³/mol. The van der Waals surface area contributed by atoms with Gasteiger partial charge in [0.25, 0.3) is 0 Å². The van der Waals surface area contributed by atoms with Crippen molar-refractivity contribution in [1.82, 2.24) is 0 Å². The molecule has 1 unspecified atom stereocenters. The molecule has 5 heteroatoms. The second kappa shape index (κ2) is 9.75. The molecule has 0 amide bonds. The van der Waals surface area contributed by atoms with Crippen LogP contribution < -0.4 is 0 Å². The Morgan fingerprint density at radius 3 is 1.90 bits per heavy atom. The first kappa shape index (κ1) is 18.9. The number of carbonyl (C=O) groups excluding carboxylic acids is 2. The van der Waals surface area contributed by atoms with Crippen LogP contribution in [0.25, 0.3) is 0 Å². The highest BCUT2D eigenvalue weighted by atomic mass is 16.6. The first-order valence-corrected chi connectivity index (χ1v) is 7.46. The monoisotopic (exact) mass is 288 g/mol. The van der Waals surface area contributed by atoms with Crippen LogP contribution in [0.1, 0.15) is 59.8 Å². The minimum Gasteiger partial charge on any atom is -0.465 e. The van der Waals surface area contributed by atoms with E-state index in [1.165, 1.54) is 6.92 Å². The molecule has 0 aromatic rings. The SMILES string of the molecule is CCCCCCC(C)(O)C(C(=O)OCC)C(=O)OCC. The number of aliphatic hydroxyl groups is 1. The van der Waals surface area contributed by atoms with Crippen molar-refractivity contribution in [2.75, 3.05) is 13.2 Å². The smallest absolute Gasteiger partial charge is 0.323 e. The molecule has 0 aromatic heterocycles. The molecule has 0 radical (unpaired) electrons. The fourth-order valence-corrected chi connectivity index (χ4v) is 2.11. The van der Waals surface area contributed by atoms with Crippen molar-refractivity contribution in [3.05, 3.63) is 0 Å². The average Bonchev–Trinajstić information content (AvgIpc) is 2.35. The van der Waals surface area contributed by atoms with E-state index in [2.05, 4.69) is 6.92 Å². The number of unbranched alkanes of at least 4 members (excludes halogenated alkanes) is 3. The molecule has 1 atom stereocenters. The Morgan fingerprint density at radius 2 is 1.50 bits per heavy atom. The summed E-state index contributed by atoms with van der Waals surface area (Å²) in [5.41, 5.74) is -1.44. The lowest BCUT2D eigenvalue weighted by Gasteiger charge is -2.29. The second-order valence-corrected chi connectivity index (χ2v) is 5.10. The van der Waals surface area contributed by atoms with E-state index >= 15 is 0 Å². The fourth-order valence-electron chi connectivity index (χ4n) is 2.11. The highest BCUT2D eigenvalue weighted by Gasteiger charge is 2.44. The van der Waals surface area contributed by atoms with E-state index in [1.807, 2.05) is 0 Å². The molecule has 0 spiro atoms. The van der Waals surface area contributed by atoms with E-state index in [-0.39, 0.29) is 13.2 Å². The Kier molecular flexibility index (Phi) is 9.21. The molecule has 0 fully saturated rings. The topological polar surface area (TPSA) is 72.8 Å². The van der Waals surface area contributed by atoms with E-state index < -0.39 is 23.5 Å². The van der Waals surface area contributed by atoms with E-state index in [9.17, 15) is 14.7 Å². The number of esters is 2. The van der Waals surface area contributed by atoms with Crippen LogP contribution in [0, 0.1) is 5.92 Å². The molecular formula is C15H28O5. The van der Waals surface area contributed by atoms with Gasteiger partial charge in [-0.15, -0.1) is 0 Å². The van der Waals surface area contributed by atoms with Crippen molar-refractivity contribution >= 4 is 11.9 Å². The maximum atomic E-state index is 11.9. The molecular weight excluding hydrogens is 260 g/mol. The molecule has 20 heavy (non-hydrogen) atoms. The second-order valence-electron chi connectivity index (χ2n) is 5.10. The van der Waals surface area contributed by atoms with Gasteiger partial charge in [0, 0.05) is 0 Å². The van der Waals surface area contributed by atoms with Crippen LogP contribution in [0.15, 0.2) is 0 Å². The first-order valence-electron chi connectivity index (χ1n) is 7.46. The van der Waals surface area contributed by atoms with Gasteiger partial charge in [-0.2, -0.15) is 0 Å². The molecule has 0 aliphatic carbocycles. The summed E-state index contributed by atoms with van der Waals surface area (Å²) < 4.78 is 9.77. The fraction of sp³-hybridized carbons (Fsp3) is 0.867. The van der Waals surface area contributed by atoms with Gasteiger partial charge in [-0.3, -0.25) is 9.59 Å². The average molecular weight is 288 g/mol. The Morgan fingerprint density at radius 1 is 1.00 bits per heavy atom. The van der Waals surface area contributed by atoms with Gasteiger partial charge in [-0.05, 0) is 27.2 Å². The van der Waals surface area contributed by atoms with Gasteiger partial charge in [0.05, 0.1) is 18.8 Å². The molecule has 1 N–H and O–H groups in total. The highest BCUT2D eigenvalue weighted by molar-refractivity contribution is 5.96. The number of rotatable bonds is 10. The van der Waals surface area contributed by atoms with E-state index in [0.29, 0.717) is 6.42 Å². The van der Waals surface area contributed by atoms with E-state index in [0.717, 1.165) is 25.7 Å². The lowest BCUT2D eigenvalue weighted by atomic mass is 9.84. The summed E-state index contributed by atoms with van der Waals surface area (Å²) in [6, 6.07) is 0. The summed E-state index contributed by atoms with van der Waals surface area (Å²) in [5, 5.41) is 10.5. The summed E-state index contributed by atoms with van der Waals surface area (Å²) >= 11 is 0. The van der Waals surface area contributed by atoms with Crippen LogP contribution in [0.5, 0.6) is 0 Å². The third-order valence-corrected chi connectivity index (χ3v) is 3.20. The van der Waals surface area contributed by atoms with Gasteiger partial charge in [0.1, 0.15) is 0 Å². The summed E-state index contributed by atoms with van der Waals surface area (Å²) in [6.07, 6.45) is 4.25. The lowest BCUT2D eigenvalue weighted by molar-refractivity contribution is -0.174. The Hall–Kier alpha value is -1.10. The Labute approximate surface area is 121 Å². The molecule has 0 saturated carbocycles. The first-order chi connectivity index (χ1) is 9.40. The van der Waals surface area contributed by atoms with Crippen LogP contribution >= 0.6 is 0 Å². The molecule has 0 aliphatic rings. The van der Waals surface area contributed by atoms with Crippen LogP contribution in [-0.2, 0) is 19.1 Å². The zero-order chi connectivity index (χ0) is 15.6. The van der Waals surface area contributed by atoms with E-state index in [4.69, 9.17) is 9.47 Å². The largest absolute Gasteiger partial charge is 0.465 e. The van der Waals surface area contributed by atoms with Crippen LogP contribution in [-0.4, -0.2) is 35.9 Å². The van der Waals surface area contributed by atoms with Crippen molar-refractivity contribution in [3.63, 3.8) is 0 Å². The van der Waals surface area contributed by atoms with Crippen LogP contribution in [0.2, 0.25) is 0 Å². The third kappa shape index (κ3) is 6.37. The summed E-state index contributed by atoms with van der Waals surface area (Å²) in [5.74, 6) is -2.71. The Bertz CT molecular complexity index is 281. The highest BCUT2D eigenvalue weighted by Crippen LogP contribution is 2.27. The van der Waals surface area contributed by atoms with E-state index in [1.54, 1.807) is 13.8 Å². The van der Waals surface area contributed by atoms with Crippen molar-refractivity contribution in [1.29, 1.82) is 0 Å². The summed E-state index contributed by atoms with van der Waals surface area (Å²) in [6.45, 7) is 7.25. The number of carbonyl (C=O) groups is 2. The minimum atomic E-state index is -1.44. The van der Waals surface area contributed by atoms with Gasteiger partial charge in [-0.25, -0.2) is 0 Å². The molecule has 0 saturated heterocycles. The molecule has 0 bridgehead atoms. The van der Waals surface area contributed by atoms with Crippen LogP contribution in [0.3, 0.4) is 0 Å². The summed E-state index contributed by atoms with van der Waals surface area (Å²) in [4.78, 5) is 23.8. The number of hydrogen-bond acceptors (Lipinski definition) is 5. The quantitative estimate of drug-likeness (QED) is 0.380. The standard InChI is InChI=1S/C15H28O5/c1-5-8-9-10-11-15(4,18)12(13(16)19-6-2)14(17)20-7-3/h12,18H,5-11H2,1-4H3. The van der Waals surface area contributed by atoms with Crippen molar-refractivity contribution in [3.8, 4) is 0 Å². The third-order valence-electron chi connectivity index (χ3n) is 3.20. The van der Waals surface area contributed by atoms with Gasteiger partial charge >= 0.3 is 11.9 Å². The lowest BCUT2D eigenvalue weighted by Crippen LogP contribution is -2.46. The van der Waals surface area contributed by atoms with Crippen molar-refractivity contribution < 1.29 is 24.2 Å². The molecule has 0 rings (SSSR count). The minimum absolute atomic E-state index is 0.167. The van der Waals surface area contributed by atoms with Gasteiger partial charge in [0.2, 0.25) is 0 Å². The normalized spacial score (nSPS) is 13.9. The zero-order valence-electron chi connectivity index (χ0n) is 13.1. The van der Waals surface area contributed by atoms with Gasteiger partial charge < -0.3 is 14.6 Å². The van der Waals surface area contributed by atoms with Crippen LogP contribution in [0.4, 0.5) is 0 Å². The predicted octanol–water partition coefficient (Wildman–Crippen LogP) is 2.45.